The second-order valence-electron chi connectivity index (χ2n) is 4.88. The molecule has 2 aromatic rings. The van der Waals surface area contributed by atoms with Crippen LogP contribution in [0.2, 0.25) is 0 Å². The Balaban J connectivity index is 1.98. The van der Waals surface area contributed by atoms with Gasteiger partial charge in [0.25, 0.3) is 0 Å². The van der Waals surface area contributed by atoms with Gasteiger partial charge in [-0.3, -0.25) is 0 Å². The maximum Gasteiger partial charge on any atom is 0.0966 e. The van der Waals surface area contributed by atoms with Crippen LogP contribution in [-0.4, -0.2) is 4.98 Å². The second-order valence-corrected chi connectivity index (χ2v) is 5.91. The standard InChI is InChI=1S/C15H18N2S/c16-10-13-14(11-6-2-1-3-7-11)18-15(17-13)12-8-4-5-9-12/h1-3,6-7,12H,4-5,8-10,16H2. The first-order valence-electron chi connectivity index (χ1n) is 6.63. The van der Waals surface area contributed by atoms with E-state index < -0.39 is 0 Å². The van der Waals surface area contributed by atoms with Gasteiger partial charge in [-0.05, 0) is 18.4 Å². The predicted molar refractivity (Wildman–Crippen MR) is 76.7 cm³/mol. The third-order valence-electron chi connectivity index (χ3n) is 3.65. The molecular weight excluding hydrogens is 240 g/mol. The molecular formula is C15H18N2S. The highest BCUT2D eigenvalue weighted by Crippen LogP contribution is 2.40. The molecule has 3 rings (SSSR count). The van der Waals surface area contributed by atoms with E-state index in [0.29, 0.717) is 12.5 Å². The highest BCUT2D eigenvalue weighted by molar-refractivity contribution is 7.15. The van der Waals surface area contributed by atoms with Gasteiger partial charge in [0.05, 0.1) is 15.6 Å². The van der Waals surface area contributed by atoms with Crippen LogP contribution in [0.1, 0.15) is 42.3 Å². The lowest BCUT2D eigenvalue weighted by atomic mass is 10.1. The van der Waals surface area contributed by atoms with Crippen LogP contribution in [0.25, 0.3) is 10.4 Å². The highest BCUT2D eigenvalue weighted by atomic mass is 32.1. The third kappa shape index (κ3) is 2.20. The van der Waals surface area contributed by atoms with Crippen molar-refractivity contribution in [1.29, 1.82) is 0 Å². The van der Waals surface area contributed by atoms with Crippen molar-refractivity contribution in [2.45, 2.75) is 38.1 Å². The van der Waals surface area contributed by atoms with Crippen molar-refractivity contribution in [3.63, 3.8) is 0 Å². The molecule has 1 fully saturated rings. The summed E-state index contributed by atoms with van der Waals surface area (Å²) in [5.74, 6) is 0.678. The number of hydrogen-bond donors (Lipinski definition) is 1. The Bertz CT molecular complexity index is 513. The molecule has 0 amide bonds. The van der Waals surface area contributed by atoms with Crippen molar-refractivity contribution in [3.8, 4) is 10.4 Å². The molecule has 94 valence electrons. The first-order chi connectivity index (χ1) is 8.88. The molecule has 1 aromatic heterocycles. The summed E-state index contributed by atoms with van der Waals surface area (Å²) >= 11 is 1.84. The molecule has 18 heavy (non-hydrogen) atoms. The number of hydrogen-bond acceptors (Lipinski definition) is 3. The lowest BCUT2D eigenvalue weighted by Gasteiger charge is -2.02. The fourth-order valence-electron chi connectivity index (χ4n) is 2.67. The van der Waals surface area contributed by atoms with Crippen LogP contribution in [0.5, 0.6) is 0 Å². The van der Waals surface area contributed by atoms with Crippen LogP contribution in [0, 0.1) is 0 Å². The molecule has 1 saturated carbocycles. The van der Waals surface area contributed by atoms with Gasteiger partial charge in [-0.2, -0.15) is 0 Å². The summed E-state index contributed by atoms with van der Waals surface area (Å²) in [6.07, 6.45) is 5.29. The average molecular weight is 258 g/mol. The largest absolute Gasteiger partial charge is 0.325 e. The van der Waals surface area contributed by atoms with Crippen molar-refractivity contribution in [2.75, 3.05) is 0 Å². The fraction of sp³-hybridized carbons (Fsp3) is 0.400. The van der Waals surface area contributed by atoms with Crippen LogP contribution in [0.4, 0.5) is 0 Å². The molecule has 1 aliphatic carbocycles. The Morgan fingerprint density at radius 2 is 1.89 bits per heavy atom. The molecule has 0 atom stereocenters. The van der Waals surface area contributed by atoms with E-state index in [1.54, 1.807) is 0 Å². The highest BCUT2D eigenvalue weighted by Gasteiger charge is 2.22. The summed E-state index contributed by atoms with van der Waals surface area (Å²) in [7, 11) is 0. The van der Waals surface area contributed by atoms with E-state index in [1.165, 1.54) is 41.1 Å². The van der Waals surface area contributed by atoms with Gasteiger partial charge in [-0.15, -0.1) is 11.3 Å². The van der Waals surface area contributed by atoms with Gasteiger partial charge in [-0.1, -0.05) is 43.2 Å². The maximum atomic E-state index is 5.84. The van der Waals surface area contributed by atoms with Crippen LogP contribution in [0.15, 0.2) is 30.3 Å². The SMILES string of the molecule is NCc1nc(C2CCCC2)sc1-c1ccccc1. The van der Waals surface area contributed by atoms with Gasteiger partial charge in [-0.25, -0.2) is 4.98 Å². The maximum absolute atomic E-state index is 5.84. The van der Waals surface area contributed by atoms with E-state index in [0.717, 1.165) is 5.69 Å². The first kappa shape index (κ1) is 11.9. The molecule has 0 saturated heterocycles. The van der Waals surface area contributed by atoms with Crippen LogP contribution in [0.3, 0.4) is 0 Å². The molecule has 3 heteroatoms. The van der Waals surface area contributed by atoms with E-state index in [4.69, 9.17) is 10.7 Å². The number of benzene rings is 1. The summed E-state index contributed by atoms with van der Waals surface area (Å²) in [6, 6.07) is 10.5. The molecule has 0 aliphatic heterocycles. The van der Waals surface area contributed by atoms with Gasteiger partial charge >= 0.3 is 0 Å². The van der Waals surface area contributed by atoms with Gasteiger partial charge < -0.3 is 5.73 Å². The third-order valence-corrected chi connectivity index (χ3v) is 4.96. The minimum absolute atomic E-state index is 0.535. The average Bonchev–Trinajstić information content (AvgIpc) is 3.08. The molecule has 2 nitrogen and oxygen atoms in total. The molecule has 0 bridgehead atoms. The molecule has 1 aromatic carbocycles. The Kier molecular flexibility index (Phi) is 3.43. The minimum Gasteiger partial charge on any atom is -0.325 e. The van der Waals surface area contributed by atoms with Crippen molar-refractivity contribution in [1.82, 2.24) is 4.98 Å². The van der Waals surface area contributed by atoms with Gasteiger partial charge in [0.1, 0.15) is 0 Å². The van der Waals surface area contributed by atoms with E-state index in [-0.39, 0.29) is 0 Å². The zero-order valence-electron chi connectivity index (χ0n) is 10.4. The van der Waals surface area contributed by atoms with Gasteiger partial charge in [0.15, 0.2) is 0 Å². The van der Waals surface area contributed by atoms with Crippen LogP contribution >= 0.6 is 11.3 Å². The molecule has 0 spiro atoms. The number of thiazole rings is 1. The summed E-state index contributed by atoms with van der Waals surface area (Å²) in [5.41, 5.74) is 8.16. The van der Waals surface area contributed by atoms with Crippen molar-refractivity contribution < 1.29 is 0 Å². The zero-order valence-corrected chi connectivity index (χ0v) is 11.2. The van der Waals surface area contributed by atoms with Crippen LogP contribution < -0.4 is 5.73 Å². The van der Waals surface area contributed by atoms with Gasteiger partial charge in [0, 0.05) is 12.5 Å². The van der Waals surface area contributed by atoms with Crippen molar-refractivity contribution >= 4 is 11.3 Å². The predicted octanol–water partition coefficient (Wildman–Crippen LogP) is 3.93. The Hall–Kier alpha value is -1.19. The van der Waals surface area contributed by atoms with E-state index in [2.05, 4.69) is 24.3 Å². The first-order valence-corrected chi connectivity index (χ1v) is 7.45. The normalized spacial score (nSPS) is 16.3. The van der Waals surface area contributed by atoms with Crippen molar-refractivity contribution in [2.24, 2.45) is 5.73 Å². The van der Waals surface area contributed by atoms with Crippen molar-refractivity contribution in [3.05, 3.63) is 41.0 Å². The Morgan fingerprint density at radius 1 is 1.17 bits per heavy atom. The summed E-state index contributed by atoms with van der Waals surface area (Å²) in [5, 5.41) is 1.30. The number of rotatable bonds is 3. The summed E-state index contributed by atoms with van der Waals surface area (Å²) < 4.78 is 0. The smallest absolute Gasteiger partial charge is 0.0966 e. The Labute approximate surface area is 112 Å². The lowest BCUT2D eigenvalue weighted by Crippen LogP contribution is -1.99. The van der Waals surface area contributed by atoms with E-state index >= 15 is 0 Å². The minimum atomic E-state index is 0.535. The summed E-state index contributed by atoms with van der Waals surface area (Å²) in [4.78, 5) is 6.04. The monoisotopic (exact) mass is 258 g/mol. The van der Waals surface area contributed by atoms with Gasteiger partial charge in [0.2, 0.25) is 0 Å². The molecule has 1 aliphatic rings. The molecule has 0 radical (unpaired) electrons. The molecule has 1 heterocycles. The molecule has 0 unspecified atom stereocenters. The molecule has 2 N–H and O–H groups in total. The fourth-order valence-corrected chi connectivity index (χ4v) is 3.94. The topological polar surface area (TPSA) is 38.9 Å². The lowest BCUT2D eigenvalue weighted by molar-refractivity contribution is 0.711. The number of aromatic nitrogens is 1. The second kappa shape index (κ2) is 5.21. The number of nitrogens with two attached hydrogens (primary N) is 1. The van der Waals surface area contributed by atoms with E-state index in [1.807, 2.05) is 17.4 Å². The Morgan fingerprint density at radius 3 is 2.56 bits per heavy atom. The zero-order chi connectivity index (χ0) is 12.4. The quantitative estimate of drug-likeness (QED) is 0.906. The van der Waals surface area contributed by atoms with E-state index in [9.17, 15) is 0 Å². The summed E-state index contributed by atoms with van der Waals surface area (Å²) in [6.45, 7) is 0.535. The van der Waals surface area contributed by atoms with Crippen LogP contribution in [-0.2, 0) is 6.54 Å². The number of nitrogens with zero attached hydrogens (tertiary/aromatic N) is 1.